The molecule has 0 aliphatic carbocycles. The highest BCUT2D eigenvalue weighted by Crippen LogP contribution is 2.28. The molecule has 1 unspecified atom stereocenters. The van der Waals surface area contributed by atoms with Crippen molar-refractivity contribution in [3.63, 3.8) is 0 Å². The molecule has 1 aromatic rings. The molecule has 1 atom stereocenters. The molecule has 0 bridgehead atoms. The van der Waals surface area contributed by atoms with Gasteiger partial charge in [-0.3, -0.25) is 0 Å². The van der Waals surface area contributed by atoms with Gasteiger partial charge >= 0.3 is 0 Å². The van der Waals surface area contributed by atoms with Crippen LogP contribution in [-0.4, -0.2) is 0 Å². The lowest BCUT2D eigenvalue weighted by atomic mass is 9.87. The summed E-state index contributed by atoms with van der Waals surface area (Å²) in [6, 6.07) is 4.41. The van der Waals surface area contributed by atoms with Gasteiger partial charge in [0.2, 0.25) is 0 Å². The van der Waals surface area contributed by atoms with Gasteiger partial charge < -0.3 is 5.73 Å². The van der Waals surface area contributed by atoms with Crippen LogP contribution < -0.4 is 5.73 Å². The Bertz CT molecular complexity index is 357. The van der Waals surface area contributed by atoms with E-state index in [2.05, 4.69) is 20.8 Å². The minimum absolute atomic E-state index is 0.223. The molecule has 1 nitrogen and oxygen atoms in total. The Morgan fingerprint density at radius 2 is 2.00 bits per heavy atom. The van der Waals surface area contributed by atoms with Crippen molar-refractivity contribution in [3.05, 3.63) is 34.6 Å². The molecule has 0 aromatic heterocycles. The fraction of sp³-hybridized carbons (Fsp3) is 0.538. The lowest BCUT2D eigenvalue weighted by molar-refractivity contribution is 0.347. The van der Waals surface area contributed by atoms with Gasteiger partial charge in [-0.1, -0.05) is 38.4 Å². The topological polar surface area (TPSA) is 26.0 Å². The van der Waals surface area contributed by atoms with E-state index in [1.165, 1.54) is 6.07 Å². The van der Waals surface area contributed by atoms with Crippen LogP contribution in [0.2, 0.25) is 5.02 Å². The summed E-state index contributed by atoms with van der Waals surface area (Å²) in [6.45, 7) is 6.45. The van der Waals surface area contributed by atoms with Gasteiger partial charge in [0.1, 0.15) is 5.82 Å². The standard InChI is InChI=1S/C13H19ClFN/c1-13(2,3)7-6-12(16)10-5-4-9(14)8-11(10)15/h4-5,8,12H,6-7,16H2,1-3H3. The summed E-state index contributed by atoms with van der Waals surface area (Å²) in [5.41, 5.74) is 6.74. The zero-order valence-corrected chi connectivity index (χ0v) is 10.8. The van der Waals surface area contributed by atoms with Crippen molar-refractivity contribution in [1.29, 1.82) is 0 Å². The molecule has 1 aromatic carbocycles. The number of rotatable bonds is 3. The number of hydrogen-bond donors (Lipinski definition) is 1. The average molecular weight is 244 g/mol. The third-order valence-corrected chi connectivity index (χ3v) is 2.80. The second kappa shape index (κ2) is 5.15. The Morgan fingerprint density at radius 3 is 2.50 bits per heavy atom. The second-order valence-corrected chi connectivity index (χ2v) is 5.81. The normalized spacial score (nSPS) is 13.9. The van der Waals surface area contributed by atoms with Crippen LogP contribution in [0.15, 0.2) is 18.2 Å². The SMILES string of the molecule is CC(C)(C)CCC(N)c1ccc(Cl)cc1F. The first kappa shape index (κ1) is 13.5. The lowest BCUT2D eigenvalue weighted by Crippen LogP contribution is -2.15. The van der Waals surface area contributed by atoms with E-state index in [9.17, 15) is 4.39 Å². The Labute approximate surface area is 102 Å². The molecule has 0 amide bonds. The Kier molecular flexibility index (Phi) is 4.34. The van der Waals surface area contributed by atoms with Gasteiger partial charge in [-0.25, -0.2) is 4.39 Å². The molecule has 0 radical (unpaired) electrons. The van der Waals surface area contributed by atoms with Gasteiger partial charge in [0.15, 0.2) is 0 Å². The van der Waals surface area contributed by atoms with Crippen LogP contribution >= 0.6 is 11.6 Å². The zero-order chi connectivity index (χ0) is 12.3. The fourth-order valence-corrected chi connectivity index (χ4v) is 1.71. The van der Waals surface area contributed by atoms with Crippen molar-refractivity contribution >= 4 is 11.6 Å². The minimum atomic E-state index is -0.311. The highest BCUT2D eigenvalue weighted by molar-refractivity contribution is 6.30. The van der Waals surface area contributed by atoms with Gasteiger partial charge in [0.05, 0.1) is 0 Å². The van der Waals surface area contributed by atoms with E-state index in [1.807, 2.05) is 0 Å². The molecule has 2 N–H and O–H groups in total. The number of benzene rings is 1. The second-order valence-electron chi connectivity index (χ2n) is 5.37. The van der Waals surface area contributed by atoms with E-state index in [0.717, 1.165) is 12.8 Å². The van der Waals surface area contributed by atoms with Crippen LogP contribution in [0, 0.1) is 11.2 Å². The molecule has 0 saturated heterocycles. The van der Waals surface area contributed by atoms with Crippen LogP contribution in [0.4, 0.5) is 4.39 Å². The molecule has 3 heteroatoms. The zero-order valence-electron chi connectivity index (χ0n) is 10.1. The third kappa shape index (κ3) is 4.11. The maximum atomic E-state index is 13.6. The first-order chi connectivity index (χ1) is 7.29. The molecule has 0 aliphatic heterocycles. The summed E-state index contributed by atoms with van der Waals surface area (Å²) in [5.74, 6) is -0.311. The molecular weight excluding hydrogens is 225 g/mol. The van der Waals surface area contributed by atoms with Crippen molar-refractivity contribution in [2.75, 3.05) is 0 Å². The molecule has 0 heterocycles. The first-order valence-electron chi connectivity index (χ1n) is 5.50. The summed E-state index contributed by atoms with van der Waals surface area (Å²) in [7, 11) is 0. The van der Waals surface area contributed by atoms with E-state index >= 15 is 0 Å². The monoisotopic (exact) mass is 243 g/mol. The van der Waals surface area contributed by atoms with Crippen LogP contribution in [0.5, 0.6) is 0 Å². The Hall–Kier alpha value is -0.600. The van der Waals surface area contributed by atoms with Crippen LogP contribution in [0.25, 0.3) is 0 Å². The summed E-state index contributed by atoms with van der Waals surface area (Å²) in [5, 5.41) is 0.407. The van der Waals surface area contributed by atoms with Crippen LogP contribution in [0.1, 0.15) is 45.2 Å². The molecule has 0 spiro atoms. The molecular formula is C13H19ClFN. The van der Waals surface area contributed by atoms with E-state index in [1.54, 1.807) is 12.1 Å². The van der Waals surface area contributed by atoms with Gasteiger partial charge in [-0.15, -0.1) is 0 Å². The number of nitrogens with two attached hydrogens (primary N) is 1. The predicted octanol–water partition coefficient (Wildman–Crippen LogP) is 4.31. The molecule has 0 fully saturated rings. The van der Waals surface area contributed by atoms with E-state index in [-0.39, 0.29) is 17.3 Å². The fourth-order valence-electron chi connectivity index (χ4n) is 1.55. The van der Waals surface area contributed by atoms with Crippen molar-refractivity contribution in [3.8, 4) is 0 Å². The van der Waals surface area contributed by atoms with Gasteiger partial charge in [0, 0.05) is 16.6 Å². The van der Waals surface area contributed by atoms with Crippen LogP contribution in [0.3, 0.4) is 0 Å². The van der Waals surface area contributed by atoms with E-state index < -0.39 is 0 Å². The van der Waals surface area contributed by atoms with Gasteiger partial charge in [-0.2, -0.15) is 0 Å². The van der Waals surface area contributed by atoms with Crippen molar-refractivity contribution in [1.82, 2.24) is 0 Å². The minimum Gasteiger partial charge on any atom is -0.324 e. The molecule has 1 rings (SSSR count). The molecule has 16 heavy (non-hydrogen) atoms. The largest absolute Gasteiger partial charge is 0.324 e. The summed E-state index contributed by atoms with van der Waals surface area (Å²) < 4.78 is 13.6. The maximum Gasteiger partial charge on any atom is 0.129 e. The smallest absolute Gasteiger partial charge is 0.129 e. The number of hydrogen-bond acceptors (Lipinski definition) is 1. The lowest BCUT2D eigenvalue weighted by Gasteiger charge is -2.21. The quantitative estimate of drug-likeness (QED) is 0.841. The first-order valence-corrected chi connectivity index (χ1v) is 5.88. The van der Waals surface area contributed by atoms with E-state index in [0.29, 0.717) is 10.6 Å². The van der Waals surface area contributed by atoms with Crippen molar-refractivity contribution in [2.45, 2.75) is 39.7 Å². The molecule has 0 aliphatic rings. The number of halogens is 2. The third-order valence-electron chi connectivity index (χ3n) is 2.57. The van der Waals surface area contributed by atoms with E-state index in [4.69, 9.17) is 17.3 Å². The highest BCUT2D eigenvalue weighted by Gasteiger charge is 2.16. The molecule has 90 valence electrons. The summed E-state index contributed by atoms with van der Waals surface area (Å²) >= 11 is 5.69. The van der Waals surface area contributed by atoms with Gasteiger partial charge in [-0.05, 0) is 30.4 Å². The Balaban J connectivity index is 2.70. The summed E-state index contributed by atoms with van der Waals surface area (Å²) in [4.78, 5) is 0. The van der Waals surface area contributed by atoms with Crippen molar-refractivity contribution in [2.24, 2.45) is 11.1 Å². The highest BCUT2D eigenvalue weighted by atomic mass is 35.5. The Morgan fingerprint density at radius 1 is 1.38 bits per heavy atom. The van der Waals surface area contributed by atoms with Crippen LogP contribution in [-0.2, 0) is 0 Å². The van der Waals surface area contributed by atoms with Crippen molar-refractivity contribution < 1.29 is 4.39 Å². The van der Waals surface area contributed by atoms with Gasteiger partial charge in [0.25, 0.3) is 0 Å². The maximum absolute atomic E-state index is 13.6. The average Bonchev–Trinajstić information content (AvgIpc) is 2.13. The predicted molar refractivity (Wildman–Crippen MR) is 67.0 cm³/mol. The summed E-state index contributed by atoms with van der Waals surface area (Å²) in [6.07, 6.45) is 1.75. The molecule has 0 saturated carbocycles.